The third kappa shape index (κ3) is 5.54. The van der Waals surface area contributed by atoms with E-state index in [0.29, 0.717) is 32.5 Å². The van der Waals surface area contributed by atoms with Crippen LogP contribution in [-0.2, 0) is 6.61 Å². The molecule has 0 N–H and O–H groups in total. The van der Waals surface area contributed by atoms with Crippen molar-refractivity contribution in [1.82, 2.24) is 9.66 Å². The second-order valence-electron chi connectivity index (χ2n) is 9.30. The minimum absolute atomic E-state index is 0.0148. The molecular formula is C30H18ClN5O7. The quantitative estimate of drug-likeness (QED) is 0.106. The van der Waals surface area contributed by atoms with Gasteiger partial charge >= 0.3 is 0 Å². The molecule has 4 aromatic carbocycles. The average molecular weight is 596 g/mol. The Morgan fingerprint density at radius 3 is 2.44 bits per heavy atom. The molecule has 0 unspecified atom stereocenters. The fourth-order valence-corrected chi connectivity index (χ4v) is 4.57. The number of hydrogen-bond donors (Lipinski definition) is 0. The predicted molar refractivity (Wildman–Crippen MR) is 160 cm³/mol. The number of furan rings is 1. The van der Waals surface area contributed by atoms with Gasteiger partial charge in [0, 0.05) is 40.2 Å². The second-order valence-corrected chi connectivity index (χ2v) is 9.73. The first-order valence-corrected chi connectivity index (χ1v) is 13.0. The van der Waals surface area contributed by atoms with Crippen molar-refractivity contribution < 1.29 is 19.0 Å². The first-order chi connectivity index (χ1) is 20.8. The minimum atomic E-state index is -0.563. The van der Waals surface area contributed by atoms with Crippen molar-refractivity contribution in [1.29, 1.82) is 0 Å². The lowest BCUT2D eigenvalue weighted by Gasteiger charge is -2.10. The number of halogens is 1. The molecule has 2 aromatic heterocycles. The molecular weight excluding hydrogens is 578 g/mol. The van der Waals surface area contributed by atoms with Crippen molar-refractivity contribution >= 4 is 51.1 Å². The number of aromatic nitrogens is 2. The number of para-hydroxylation sites is 1. The molecule has 212 valence electrons. The Hall–Kier alpha value is -5.88. The topological polar surface area (TPSA) is 156 Å². The summed E-state index contributed by atoms with van der Waals surface area (Å²) in [5.74, 6) is 0.589. The largest absolute Gasteiger partial charge is 0.488 e. The Kier molecular flexibility index (Phi) is 7.10. The van der Waals surface area contributed by atoms with E-state index in [0.717, 1.165) is 4.68 Å². The summed E-state index contributed by atoms with van der Waals surface area (Å²) < 4.78 is 12.9. The third-order valence-electron chi connectivity index (χ3n) is 6.51. The van der Waals surface area contributed by atoms with Gasteiger partial charge in [-0.3, -0.25) is 25.0 Å². The number of rotatable bonds is 8. The van der Waals surface area contributed by atoms with Crippen LogP contribution < -0.4 is 10.3 Å². The lowest BCUT2D eigenvalue weighted by atomic mass is 10.2. The lowest BCUT2D eigenvalue weighted by Crippen LogP contribution is -2.20. The number of nitro benzene ring substituents is 2. The standard InChI is InChI=1S/C30H18ClN5O7/c31-21-7-11-27-19(13-21)15-28(43-27)29-33-25-4-2-1-3-24(25)30(37)34(29)32-16-20-14-23(36(40)41)10-12-26(20)42-17-18-5-8-22(9-6-18)35(38)39/h1-16H,17H2. The molecule has 43 heavy (non-hydrogen) atoms. The summed E-state index contributed by atoms with van der Waals surface area (Å²) in [6, 6.07) is 23.3. The fourth-order valence-electron chi connectivity index (χ4n) is 4.39. The number of non-ortho nitro benzene ring substituents is 2. The summed E-state index contributed by atoms with van der Waals surface area (Å²) in [5.41, 5.74) is 1.02. The molecule has 6 rings (SSSR count). The van der Waals surface area contributed by atoms with E-state index in [9.17, 15) is 25.0 Å². The predicted octanol–water partition coefficient (Wildman–Crippen LogP) is 6.74. The van der Waals surface area contributed by atoms with E-state index in [1.165, 1.54) is 36.5 Å². The van der Waals surface area contributed by atoms with Crippen molar-refractivity contribution in [2.24, 2.45) is 5.10 Å². The molecule has 0 saturated heterocycles. The molecule has 0 amide bonds. The number of nitrogens with zero attached hydrogens (tertiary/aromatic N) is 5. The molecule has 2 heterocycles. The zero-order valence-electron chi connectivity index (χ0n) is 21.9. The smallest absolute Gasteiger partial charge is 0.282 e. The van der Waals surface area contributed by atoms with Gasteiger partial charge in [0.15, 0.2) is 5.76 Å². The number of benzene rings is 4. The number of fused-ring (bicyclic) bond motifs is 2. The van der Waals surface area contributed by atoms with Gasteiger partial charge in [-0.2, -0.15) is 9.78 Å². The maximum absolute atomic E-state index is 13.6. The molecule has 0 fully saturated rings. The van der Waals surface area contributed by atoms with Gasteiger partial charge in [-0.1, -0.05) is 23.7 Å². The SMILES string of the molecule is O=c1c2ccccc2nc(-c2cc3cc(Cl)ccc3o2)n1N=Cc1cc([N+](=O)[O-])ccc1OCc1ccc([N+](=O)[O-])cc1. The van der Waals surface area contributed by atoms with Gasteiger partial charge < -0.3 is 9.15 Å². The summed E-state index contributed by atoms with van der Waals surface area (Å²) in [4.78, 5) is 39.7. The van der Waals surface area contributed by atoms with Crippen molar-refractivity contribution in [2.45, 2.75) is 6.61 Å². The maximum Gasteiger partial charge on any atom is 0.282 e. The molecule has 0 aliphatic carbocycles. The normalized spacial score (nSPS) is 11.4. The van der Waals surface area contributed by atoms with Crippen LogP contribution in [0.5, 0.6) is 5.75 Å². The molecule has 0 spiro atoms. The van der Waals surface area contributed by atoms with Crippen molar-refractivity contribution in [3.63, 3.8) is 0 Å². The Bertz CT molecular complexity index is 2140. The van der Waals surface area contributed by atoms with Crippen molar-refractivity contribution in [3.8, 4) is 17.3 Å². The van der Waals surface area contributed by atoms with Crippen LogP contribution in [0.4, 0.5) is 11.4 Å². The molecule has 0 aliphatic heterocycles. The van der Waals surface area contributed by atoms with Gasteiger partial charge in [-0.05, 0) is 60.2 Å². The van der Waals surface area contributed by atoms with Crippen LogP contribution in [0.1, 0.15) is 11.1 Å². The monoisotopic (exact) mass is 595 g/mol. The van der Waals surface area contributed by atoms with Gasteiger partial charge in [-0.25, -0.2) is 4.98 Å². The highest BCUT2D eigenvalue weighted by Crippen LogP contribution is 2.30. The summed E-state index contributed by atoms with van der Waals surface area (Å²) in [7, 11) is 0. The van der Waals surface area contributed by atoms with Crippen LogP contribution in [-0.4, -0.2) is 25.7 Å². The van der Waals surface area contributed by atoms with Gasteiger partial charge in [0.05, 0.1) is 27.0 Å². The first kappa shape index (κ1) is 27.3. The van der Waals surface area contributed by atoms with Crippen molar-refractivity contribution in [2.75, 3.05) is 0 Å². The molecule has 0 atom stereocenters. The molecule has 0 aliphatic rings. The van der Waals surface area contributed by atoms with Crippen LogP contribution in [0, 0.1) is 20.2 Å². The van der Waals surface area contributed by atoms with E-state index < -0.39 is 15.4 Å². The maximum atomic E-state index is 13.6. The zero-order valence-corrected chi connectivity index (χ0v) is 22.7. The van der Waals surface area contributed by atoms with Crippen LogP contribution in [0.15, 0.2) is 105 Å². The second kappa shape index (κ2) is 11.2. The molecule has 6 aromatic rings. The van der Waals surface area contributed by atoms with Crippen LogP contribution in [0.25, 0.3) is 33.5 Å². The number of ether oxygens (including phenoxy) is 1. The summed E-state index contributed by atoms with van der Waals surface area (Å²) in [5, 5.41) is 28.4. The molecule has 13 heteroatoms. The van der Waals surface area contributed by atoms with Crippen LogP contribution >= 0.6 is 11.6 Å². The minimum Gasteiger partial charge on any atom is -0.488 e. The van der Waals surface area contributed by atoms with Gasteiger partial charge in [0.1, 0.15) is 17.9 Å². The lowest BCUT2D eigenvalue weighted by molar-refractivity contribution is -0.385. The molecule has 0 bridgehead atoms. The van der Waals surface area contributed by atoms with E-state index in [1.54, 1.807) is 60.7 Å². The van der Waals surface area contributed by atoms with Crippen LogP contribution in [0.2, 0.25) is 5.02 Å². The summed E-state index contributed by atoms with van der Waals surface area (Å²) in [6.45, 7) is 0.0148. The highest BCUT2D eigenvalue weighted by molar-refractivity contribution is 6.31. The van der Waals surface area contributed by atoms with Gasteiger partial charge in [-0.15, -0.1) is 0 Å². The van der Waals surface area contributed by atoms with E-state index >= 15 is 0 Å². The van der Waals surface area contributed by atoms with E-state index in [2.05, 4.69) is 10.1 Å². The third-order valence-corrected chi connectivity index (χ3v) is 6.75. The zero-order chi connectivity index (χ0) is 30.1. The Balaban J connectivity index is 1.43. The van der Waals surface area contributed by atoms with E-state index in [-0.39, 0.29) is 40.9 Å². The molecule has 12 nitrogen and oxygen atoms in total. The highest BCUT2D eigenvalue weighted by Gasteiger charge is 2.18. The highest BCUT2D eigenvalue weighted by atomic mass is 35.5. The molecule has 0 saturated carbocycles. The summed E-state index contributed by atoms with van der Waals surface area (Å²) in [6.07, 6.45) is 1.26. The Morgan fingerprint density at radius 2 is 1.67 bits per heavy atom. The number of nitro groups is 2. The van der Waals surface area contributed by atoms with E-state index in [4.69, 9.17) is 20.8 Å². The Morgan fingerprint density at radius 1 is 0.930 bits per heavy atom. The molecule has 0 radical (unpaired) electrons. The first-order valence-electron chi connectivity index (χ1n) is 12.7. The van der Waals surface area contributed by atoms with Crippen LogP contribution in [0.3, 0.4) is 0 Å². The van der Waals surface area contributed by atoms with Gasteiger partial charge in [0.2, 0.25) is 5.82 Å². The van der Waals surface area contributed by atoms with E-state index in [1.807, 2.05) is 0 Å². The Labute approximate surface area is 246 Å². The summed E-state index contributed by atoms with van der Waals surface area (Å²) >= 11 is 6.14. The average Bonchev–Trinajstić information content (AvgIpc) is 3.43. The number of hydrogen-bond acceptors (Lipinski definition) is 9. The van der Waals surface area contributed by atoms with Gasteiger partial charge in [0.25, 0.3) is 16.9 Å². The fraction of sp³-hybridized carbons (Fsp3) is 0.0333. The van der Waals surface area contributed by atoms with Crippen molar-refractivity contribution in [3.05, 3.63) is 138 Å².